The van der Waals surface area contributed by atoms with Gasteiger partial charge in [-0.15, -0.1) is 11.8 Å². The summed E-state index contributed by atoms with van der Waals surface area (Å²) < 4.78 is 0. The maximum atomic E-state index is 9.18. The minimum Gasteiger partial charge on any atom is -0.411 e. The first-order valence-corrected chi connectivity index (χ1v) is 8.20. The Morgan fingerprint density at radius 2 is 1.53 bits per heavy atom. The molecule has 2 rings (SSSR count). The highest BCUT2D eigenvalue weighted by Gasteiger charge is 2.24. The Kier molecular flexibility index (Phi) is 5.69. The van der Waals surface area contributed by atoms with Gasteiger partial charge in [0.05, 0.1) is 5.71 Å². The second-order valence-electron chi connectivity index (χ2n) is 5.43. The molecule has 1 unspecified atom stereocenters. The van der Waals surface area contributed by atoms with Gasteiger partial charge in [-0.25, -0.2) is 0 Å². The van der Waals surface area contributed by atoms with Crippen molar-refractivity contribution in [2.45, 2.75) is 81.1 Å². The van der Waals surface area contributed by atoms with Crippen LogP contribution < -0.4 is 0 Å². The van der Waals surface area contributed by atoms with E-state index in [1.807, 2.05) is 0 Å². The Morgan fingerprint density at radius 3 is 2.29 bits per heavy atom. The number of oxime groups is 1. The zero-order valence-electron chi connectivity index (χ0n) is 10.7. The van der Waals surface area contributed by atoms with E-state index in [9.17, 15) is 5.21 Å². The van der Waals surface area contributed by atoms with Crippen LogP contribution in [0.5, 0.6) is 0 Å². The second-order valence-corrected chi connectivity index (χ2v) is 6.94. The highest BCUT2D eigenvalue weighted by Crippen LogP contribution is 2.35. The Labute approximate surface area is 109 Å². The second kappa shape index (κ2) is 7.30. The highest BCUT2D eigenvalue weighted by atomic mass is 32.2. The average Bonchev–Trinajstić information content (AvgIpc) is 2.34. The molecular weight excluding hydrogens is 230 g/mol. The molecule has 0 aliphatic heterocycles. The van der Waals surface area contributed by atoms with E-state index in [0.29, 0.717) is 5.25 Å². The maximum absolute atomic E-state index is 9.18. The summed E-state index contributed by atoms with van der Waals surface area (Å²) in [5, 5.41) is 14.1. The van der Waals surface area contributed by atoms with Crippen LogP contribution in [0.2, 0.25) is 0 Å². The minimum atomic E-state index is 0.503. The SMILES string of the molecule is ON=C1CCCCCCC1SC1CCCCC1. The summed E-state index contributed by atoms with van der Waals surface area (Å²) in [6, 6.07) is 0. The number of hydrogen-bond acceptors (Lipinski definition) is 3. The molecule has 17 heavy (non-hydrogen) atoms. The number of rotatable bonds is 2. The summed E-state index contributed by atoms with van der Waals surface area (Å²) in [6.45, 7) is 0. The van der Waals surface area contributed by atoms with Gasteiger partial charge in [-0.05, 0) is 32.1 Å². The third-order valence-corrected chi connectivity index (χ3v) is 5.75. The average molecular weight is 255 g/mol. The van der Waals surface area contributed by atoms with E-state index in [0.717, 1.165) is 17.4 Å². The van der Waals surface area contributed by atoms with Crippen molar-refractivity contribution in [3.8, 4) is 0 Å². The third kappa shape index (κ3) is 4.20. The number of nitrogens with zero attached hydrogens (tertiary/aromatic N) is 1. The zero-order chi connectivity index (χ0) is 11.9. The van der Waals surface area contributed by atoms with Crippen LogP contribution in [0.25, 0.3) is 0 Å². The Bertz CT molecular complexity index is 249. The lowest BCUT2D eigenvalue weighted by atomic mass is 9.99. The molecule has 0 heterocycles. The first-order valence-electron chi connectivity index (χ1n) is 7.26. The highest BCUT2D eigenvalue weighted by molar-refractivity contribution is 8.01. The maximum Gasteiger partial charge on any atom is 0.0700 e. The van der Waals surface area contributed by atoms with E-state index in [2.05, 4.69) is 16.9 Å². The van der Waals surface area contributed by atoms with E-state index >= 15 is 0 Å². The molecule has 0 radical (unpaired) electrons. The summed E-state index contributed by atoms with van der Waals surface area (Å²) in [4.78, 5) is 0. The monoisotopic (exact) mass is 255 g/mol. The molecule has 2 nitrogen and oxygen atoms in total. The Hall–Kier alpha value is -0.180. The fourth-order valence-corrected chi connectivity index (χ4v) is 4.71. The van der Waals surface area contributed by atoms with Crippen molar-refractivity contribution >= 4 is 17.5 Å². The molecular formula is C14H25NOS. The fourth-order valence-electron chi connectivity index (χ4n) is 3.01. The predicted octanol–water partition coefficient (Wildman–Crippen LogP) is 4.61. The summed E-state index contributed by atoms with van der Waals surface area (Å²) in [5.74, 6) is 0. The molecule has 0 saturated heterocycles. The van der Waals surface area contributed by atoms with Crippen LogP contribution in [-0.2, 0) is 0 Å². The van der Waals surface area contributed by atoms with Crippen LogP contribution in [0.1, 0.15) is 70.6 Å². The molecule has 2 saturated carbocycles. The predicted molar refractivity (Wildman–Crippen MR) is 75.2 cm³/mol. The summed E-state index contributed by atoms with van der Waals surface area (Å²) in [6.07, 6.45) is 14.4. The van der Waals surface area contributed by atoms with Crippen molar-refractivity contribution in [2.24, 2.45) is 5.16 Å². The van der Waals surface area contributed by atoms with Crippen LogP contribution in [0.3, 0.4) is 0 Å². The smallest absolute Gasteiger partial charge is 0.0700 e. The van der Waals surface area contributed by atoms with Crippen molar-refractivity contribution < 1.29 is 5.21 Å². The number of thioether (sulfide) groups is 1. The Morgan fingerprint density at radius 1 is 0.882 bits per heavy atom. The molecule has 98 valence electrons. The topological polar surface area (TPSA) is 32.6 Å². The van der Waals surface area contributed by atoms with Crippen molar-refractivity contribution in [1.29, 1.82) is 0 Å². The van der Waals surface area contributed by atoms with Gasteiger partial charge in [0.15, 0.2) is 0 Å². The van der Waals surface area contributed by atoms with E-state index < -0.39 is 0 Å². The lowest BCUT2D eigenvalue weighted by Crippen LogP contribution is -2.23. The number of hydrogen-bond donors (Lipinski definition) is 1. The van der Waals surface area contributed by atoms with Crippen LogP contribution in [0, 0.1) is 0 Å². The molecule has 1 atom stereocenters. The van der Waals surface area contributed by atoms with Gasteiger partial charge < -0.3 is 5.21 Å². The van der Waals surface area contributed by atoms with E-state index in [-0.39, 0.29) is 0 Å². The molecule has 3 heteroatoms. The van der Waals surface area contributed by atoms with E-state index in [4.69, 9.17) is 0 Å². The first-order chi connectivity index (χ1) is 8.40. The van der Waals surface area contributed by atoms with Gasteiger partial charge in [0, 0.05) is 10.5 Å². The largest absolute Gasteiger partial charge is 0.411 e. The zero-order valence-corrected chi connectivity index (χ0v) is 11.6. The van der Waals surface area contributed by atoms with Gasteiger partial charge in [0.25, 0.3) is 0 Å². The normalized spacial score (nSPS) is 31.1. The molecule has 0 aromatic carbocycles. The quantitative estimate of drug-likeness (QED) is 0.577. The van der Waals surface area contributed by atoms with Crippen molar-refractivity contribution in [3.63, 3.8) is 0 Å². The van der Waals surface area contributed by atoms with Gasteiger partial charge in [-0.3, -0.25) is 0 Å². The van der Waals surface area contributed by atoms with E-state index in [1.54, 1.807) is 0 Å². The third-order valence-electron chi connectivity index (χ3n) is 4.06. The first kappa shape index (κ1) is 13.3. The van der Waals surface area contributed by atoms with Crippen molar-refractivity contribution in [1.82, 2.24) is 0 Å². The molecule has 0 spiro atoms. The van der Waals surface area contributed by atoms with E-state index in [1.165, 1.54) is 64.2 Å². The molecule has 2 aliphatic carbocycles. The molecule has 1 N–H and O–H groups in total. The standard InChI is InChI=1S/C14H25NOS/c16-15-13-10-6-1-2-7-11-14(13)17-12-8-4-3-5-9-12/h12,14,16H,1-11H2. The molecule has 0 bridgehead atoms. The summed E-state index contributed by atoms with van der Waals surface area (Å²) in [7, 11) is 0. The Balaban J connectivity index is 1.89. The summed E-state index contributed by atoms with van der Waals surface area (Å²) >= 11 is 2.11. The van der Waals surface area contributed by atoms with Gasteiger partial charge in [-0.1, -0.05) is 43.7 Å². The fraction of sp³-hybridized carbons (Fsp3) is 0.929. The van der Waals surface area contributed by atoms with Crippen molar-refractivity contribution in [2.75, 3.05) is 0 Å². The van der Waals surface area contributed by atoms with Crippen molar-refractivity contribution in [3.05, 3.63) is 0 Å². The molecule has 0 aromatic heterocycles. The van der Waals surface area contributed by atoms with Gasteiger partial charge in [0.1, 0.15) is 0 Å². The lowest BCUT2D eigenvalue weighted by molar-refractivity contribution is 0.315. The minimum absolute atomic E-state index is 0.503. The summed E-state index contributed by atoms with van der Waals surface area (Å²) in [5.41, 5.74) is 1.07. The molecule has 2 fully saturated rings. The molecule has 0 amide bonds. The molecule has 0 aromatic rings. The lowest BCUT2D eigenvalue weighted by Gasteiger charge is -2.27. The van der Waals surface area contributed by atoms with Crippen LogP contribution >= 0.6 is 11.8 Å². The van der Waals surface area contributed by atoms with Gasteiger partial charge in [-0.2, -0.15) is 0 Å². The van der Waals surface area contributed by atoms with Crippen LogP contribution in [0.4, 0.5) is 0 Å². The van der Waals surface area contributed by atoms with Crippen LogP contribution in [-0.4, -0.2) is 21.4 Å². The van der Waals surface area contributed by atoms with Gasteiger partial charge in [0.2, 0.25) is 0 Å². The van der Waals surface area contributed by atoms with Gasteiger partial charge >= 0.3 is 0 Å². The van der Waals surface area contributed by atoms with Crippen LogP contribution in [0.15, 0.2) is 5.16 Å². The molecule has 2 aliphatic rings.